The van der Waals surface area contributed by atoms with Gasteiger partial charge < -0.3 is 10.2 Å². The van der Waals surface area contributed by atoms with Crippen molar-refractivity contribution in [2.75, 3.05) is 11.4 Å². The number of aryl methyl sites for hydroxylation is 2. The third-order valence-corrected chi connectivity index (χ3v) is 5.01. The van der Waals surface area contributed by atoms with Crippen LogP contribution in [-0.2, 0) is 4.79 Å². The molecule has 0 radical (unpaired) electrons. The number of rotatable bonds is 4. The summed E-state index contributed by atoms with van der Waals surface area (Å²) in [4.78, 5) is 37.2. The Morgan fingerprint density at radius 2 is 1.93 bits per heavy atom. The molecule has 1 fully saturated rings. The Morgan fingerprint density at radius 1 is 1.19 bits per heavy atom. The van der Waals surface area contributed by atoms with Crippen LogP contribution >= 0.6 is 0 Å². The van der Waals surface area contributed by atoms with Gasteiger partial charge in [0.15, 0.2) is 0 Å². The van der Waals surface area contributed by atoms with E-state index in [1.165, 1.54) is 12.1 Å². The maximum Gasteiger partial charge on any atom is 0.273 e. The van der Waals surface area contributed by atoms with Gasteiger partial charge in [-0.2, -0.15) is 0 Å². The molecule has 27 heavy (non-hydrogen) atoms. The number of nitrogens with one attached hydrogen (secondary N) is 1. The van der Waals surface area contributed by atoms with Crippen LogP contribution in [0.25, 0.3) is 0 Å². The van der Waals surface area contributed by atoms with Crippen LogP contribution in [0.2, 0.25) is 0 Å². The Morgan fingerprint density at radius 3 is 2.59 bits per heavy atom. The first-order chi connectivity index (χ1) is 12.8. The van der Waals surface area contributed by atoms with Gasteiger partial charge in [0.2, 0.25) is 5.91 Å². The summed E-state index contributed by atoms with van der Waals surface area (Å²) in [7, 11) is 0. The first-order valence-electron chi connectivity index (χ1n) is 8.70. The summed E-state index contributed by atoms with van der Waals surface area (Å²) in [5.74, 6) is -0.463. The molecule has 2 amide bonds. The van der Waals surface area contributed by atoms with Gasteiger partial charge in [-0.3, -0.25) is 19.7 Å². The molecule has 1 aliphatic heterocycles. The number of nitro groups is 1. The summed E-state index contributed by atoms with van der Waals surface area (Å²) in [6.45, 7) is 5.92. The highest BCUT2D eigenvalue weighted by Gasteiger charge is 2.32. The molecule has 2 aromatic carbocycles. The molecule has 1 saturated heterocycles. The van der Waals surface area contributed by atoms with Crippen LogP contribution in [0.4, 0.5) is 11.4 Å². The average molecular weight is 367 g/mol. The van der Waals surface area contributed by atoms with E-state index >= 15 is 0 Å². The van der Waals surface area contributed by atoms with Crippen molar-refractivity contribution in [2.24, 2.45) is 0 Å². The smallest absolute Gasteiger partial charge is 0.273 e. The van der Waals surface area contributed by atoms with Crippen LogP contribution in [0.1, 0.15) is 33.5 Å². The summed E-state index contributed by atoms with van der Waals surface area (Å²) in [6, 6.07) is 9.89. The Hall–Kier alpha value is -3.22. The normalized spacial score (nSPS) is 16.5. The molecule has 0 bridgehead atoms. The summed E-state index contributed by atoms with van der Waals surface area (Å²) < 4.78 is 0. The third kappa shape index (κ3) is 3.67. The van der Waals surface area contributed by atoms with Crippen molar-refractivity contribution in [1.29, 1.82) is 0 Å². The molecule has 2 aromatic rings. The fourth-order valence-electron chi connectivity index (χ4n) is 3.28. The number of hydrogen-bond acceptors (Lipinski definition) is 4. The lowest BCUT2D eigenvalue weighted by Crippen LogP contribution is -2.37. The zero-order valence-corrected chi connectivity index (χ0v) is 15.5. The fourth-order valence-corrected chi connectivity index (χ4v) is 3.28. The number of carbonyl (C=O) groups is 2. The first kappa shape index (κ1) is 18.6. The van der Waals surface area contributed by atoms with Gasteiger partial charge in [-0.15, -0.1) is 0 Å². The van der Waals surface area contributed by atoms with Gasteiger partial charge in [0, 0.05) is 35.8 Å². The number of hydrogen-bond donors (Lipinski definition) is 1. The number of benzene rings is 2. The van der Waals surface area contributed by atoms with E-state index in [1.807, 2.05) is 32.0 Å². The molecule has 0 spiro atoms. The van der Waals surface area contributed by atoms with E-state index in [9.17, 15) is 19.7 Å². The monoisotopic (exact) mass is 367 g/mol. The van der Waals surface area contributed by atoms with E-state index in [0.29, 0.717) is 12.1 Å². The highest BCUT2D eigenvalue weighted by Crippen LogP contribution is 2.25. The van der Waals surface area contributed by atoms with Crippen LogP contribution < -0.4 is 10.2 Å². The Labute approximate surface area is 157 Å². The number of nitro benzene ring substituents is 1. The Bertz CT molecular complexity index is 939. The molecule has 7 heteroatoms. The van der Waals surface area contributed by atoms with Crippen molar-refractivity contribution < 1.29 is 14.5 Å². The van der Waals surface area contributed by atoms with E-state index < -0.39 is 10.8 Å². The molecule has 140 valence electrons. The van der Waals surface area contributed by atoms with E-state index in [-0.39, 0.29) is 29.6 Å². The van der Waals surface area contributed by atoms with Crippen LogP contribution in [-0.4, -0.2) is 29.3 Å². The van der Waals surface area contributed by atoms with Crippen LogP contribution in [0, 0.1) is 30.9 Å². The van der Waals surface area contributed by atoms with E-state index in [2.05, 4.69) is 5.32 Å². The molecule has 1 aliphatic rings. The largest absolute Gasteiger partial charge is 0.347 e. The summed E-state index contributed by atoms with van der Waals surface area (Å²) in [5, 5.41) is 13.9. The molecule has 7 nitrogen and oxygen atoms in total. The highest BCUT2D eigenvalue weighted by molar-refractivity contribution is 6.00. The maximum absolute atomic E-state index is 12.6. The lowest BCUT2D eigenvalue weighted by molar-refractivity contribution is -0.385. The fraction of sp³-hybridized carbons (Fsp3) is 0.300. The lowest BCUT2D eigenvalue weighted by Gasteiger charge is -2.18. The molecule has 0 unspecified atom stereocenters. The molecular weight excluding hydrogens is 346 g/mol. The van der Waals surface area contributed by atoms with Crippen molar-refractivity contribution in [1.82, 2.24) is 5.32 Å². The number of amides is 2. The maximum atomic E-state index is 12.6. The minimum Gasteiger partial charge on any atom is -0.347 e. The van der Waals surface area contributed by atoms with Gasteiger partial charge in [-0.05, 0) is 50.1 Å². The second-order valence-electron chi connectivity index (χ2n) is 6.85. The van der Waals surface area contributed by atoms with E-state index in [0.717, 1.165) is 16.8 Å². The predicted octanol–water partition coefficient (Wildman–Crippen LogP) is 3.06. The minimum absolute atomic E-state index is 0.0562. The van der Waals surface area contributed by atoms with Gasteiger partial charge in [-0.1, -0.05) is 12.1 Å². The van der Waals surface area contributed by atoms with E-state index in [1.54, 1.807) is 17.9 Å². The minimum atomic E-state index is -0.507. The predicted molar refractivity (Wildman–Crippen MR) is 102 cm³/mol. The topological polar surface area (TPSA) is 92.6 Å². The van der Waals surface area contributed by atoms with Crippen LogP contribution in [0.15, 0.2) is 36.4 Å². The van der Waals surface area contributed by atoms with Crippen molar-refractivity contribution in [3.05, 3.63) is 68.8 Å². The molecule has 0 saturated carbocycles. The van der Waals surface area contributed by atoms with Gasteiger partial charge in [-0.25, -0.2) is 0 Å². The lowest BCUT2D eigenvalue weighted by atomic mass is 10.1. The highest BCUT2D eigenvalue weighted by atomic mass is 16.6. The zero-order chi connectivity index (χ0) is 19.7. The Balaban J connectivity index is 1.75. The van der Waals surface area contributed by atoms with E-state index in [4.69, 9.17) is 0 Å². The molecule has 1 N–H and O–H groups in total. The SMILES string of the molecule is Cc1ccc(N2C[C@@H](NC(=O)c3cccc([N+](=O)[O-])c3C)CC2=O)cc1C. The summed E-state index contributed by atoms with van der Waals surface area (Å²) >= 11 is 0. The van der Waals surface area contributed by atoms with Crippen molar-refractivity contribution >= 4 is 23.2 Å². The van der Waals surface area contributed by atoms with Gasteiger partial charge in [0.1, 0.15) is 0 Å². The van der Waals surface area contributed by atoms with Crippen molar-refractivity contribution in [3.63, 3.8) is 0 Å². The Kier molecular flexibility index (Phi) is 4.94. The standard InChI is InChI=1S/C20H21N3O4/c1-12-7-8-16(9-13(12)2)22-11-15(10-19(22)24)21-20(25)17-5-4-6-18(14(17)3)23(26)27/h4-9,15H,10-11H2,1-3H3,(H,21,25)/t15-/m0/s1. The zero-order valence-electron chi connectivity index (χ0n) is 15.5. The van der Waals surface area contributed by atoms with Gasteiger partial charge in [0.25, 0.3) is 11.6 Å². The molecular formula is C20H21N3O4. The second-order valence-corrected chi connectivity index (χ2v) is 6.85. The van der Waals surface area contributed by atoms with Crippen molar-refractivity contribution in [2.45, 2.75) is 33.2 Å². The number of nitrogens with zero attached hydrogens (tertiary/aromatic N) is 2. The number of carbonyl (C=O) groups excluding carboxylic acids is 2. The molecule has 1 atom stereocenters. The molecule has 3 rings (SSSR count). The molecule has 1 heterocycles. The first-order valence-corrected chi connectivity index (χ1v) is 8.70. The molecule has 0 aliphatic carbocycles. The number of anilines is 1. The summed E-state index contributed by atoms with van der Waals surface area (Å²) in [5.41, 5.74) is 3.53. The van der Waals surface area contributed by atoms with Gasteiger partial charge >= 0.3 is 0 Å². The van der Waals surface area contributed by atoms with Crippen molar-refractivity contribution in [3.8, 4) is 0 Å². The molecule has 0 aromatic heterocycles. The second kappa shape index (κ2) is 7.19. The third-order valence-electron chi connectivity index (χ3n) is 5.01. The van der Waals surface area contributed by atoms with Gasteiger partial charge in [0.05, 0.1) is 11.0 Å². The van der Waals surface area contributed by atoms with Crippen LogP contribution in [0.3, 0.4) is 0 Å². The summed E-state index contributed by atoms with van der Waals surface area (Å²) in [6.07, 6.45) is 0.201. The quantitative estimate of drug-likeness (QED) is 0.664. The average Bonchev–Trinajstić information content (AvgIpc) is 2.97. The van der Waals surface area contributed by atoms with Crippen LogP contribution in [0.5, 0.6) is 0 Å².